The lowest BCUT2D eigenvalue weighted by atomic mass is 10.1. The first-order chi connectivity index (χ1) is 6.77. The van der Waals surface area contributed by atoms with E-state index in [1.165, 1.54) is 0 Å². The third-order valence-corrected chi connectivity index (χ3v) is 1.92. The van der Waals surface area contributed by atoms with Gasteiger partial charge in [0.05, 0.1) is 12.8 Å². The molecule has 72 valence electrons. The molecule has 0 saturated heterocycles. The van der Waals surface area contributed by atoms with Crippen LogP contribution in [0.1, 0.15) is 18.1 Å². The fourth-order valence-electron chi connectivity index (χ4n) is 1.06. The van der Waals surface area contributed by atoms with Gasteiger partial charge in [0.15, 0.2) is 0 Å². The molecule has 0 radical (unpaired) electrons. The molecule has 0 amide bonds. The number of benzene rings is 1. The van der Waals surface area contributed by atoms with E-state index in [0.717, 1.165) is 23.0 Å². The first-order valence-electron chi connectivity index (χ1n) is 4.19. The minimum Gasteiger partial charge on any atom is -0.515 e. The van der Waals surface area contributed by atoms with Crippen LogP contribution in [0.3, 0.4) is 0 Å². The smallest absolute Gasteiger partial charge is 0.0826 e. The molecule has 0 aromatic heterocycles. The van der Waals surface area contributed by atoms with Crippen molar-refractivity contribution in [2.24, 2.45) is 5.11 Å². The predicted molar refractivity (Wildman–Crippen MR) is 55.6 cm³/mol. The number of rotatable bonds is 3. The SMILES string of the molecule is C/C(=C/O)c1ccc(CN=[N+]=[N-])cc1. The van der Waals surface area contributed by atoms with Crippen molar-refractivity contribution in [1.29, 1.82) is 0 Å². The van der Waals surface area contributed by atoms with Crippen LogP contribution in [0.4, 0.5) is 0 Å². The molecule has 0 fully saturated rings. The van der Waals surface area contributed by atoms with Crippen molar-refractivity contribution in [3.8, 4) is 0 Å². The fraction of sp³-hybridized carbons (Fsp3) is 0.200. The zero-order valence-corrected chi connectivity index (χ0v) is 7.88. The van der Waals surface area contributed by atoms with Crippen LogP contribution in [0, 0.1) is 0 Å². The highest BCUT2D eigenvalue weighted by molar-refractivity contribution is 5.62. The van der Waals surface area contributed by atoms with Gasteiger partial charge in [0.25, 0.3) is 0 Å². The van der Waals surface area contributed by atoms with Crippen molar-refractivity contribution in [3.05, 3.63) is 52.1 Å². The molecule has 0 aliphatic carbocycles. The maximum Gasteiger partial charge on any atom is 0.0826 e. The van der Waals surface area contributed by atoms with Gasteiger partial charge in [0, 0.05) is 4.91 Å². The number of hydrogen-bond donors (Lipinski definition) is 1. The standard InChI is InChI=1S/C10H11N3O/c1-8(7-14)10-4-2-9(3-5-10)6-12-13-11/h2-5,7,14H,6H2,1H3/b8-7-. The van der Waals surface area contributed by atoms with Crippen LogP contribution in [0.25, 0.3) is 16.0 Å². The van der Waals surface area contributed by atoms with Crippen molar-refractivity contribution in [2.45, 2.75) is 13.5 Å². The summed E-state index contributed by atoms with van der Waals surface area (Å²) in [5.41, 5.74) is 10.8. The summed E-state index contributed by atoms with van der Waals surface area (Å²) in [7, 11) is 0. The number of aliphatic hydroxyl groups excluding tert-OH is 1. The topological polar surface area (TPSA) is 69.0 Å². The van der Waals surface area contributed by atoms with E-state index in [0.29, 0.717) is 6.54 Å². The highest BCUT2D eigenvalue weighted by atomic mass is 16.2. The molecule has 0 heterocycles. The number of hydrogen-bond acceptors (Lipinski definition) is 2. The van der Waals surface area contributed by atoms with E-state index in [4.69, 9.17) is 10.6 Å². The van der Waals surface area contributed by atoms with E-state index in [-0.39, 0.29) is 0 Å². The maximum absolute atomic E-state index is 8.77. The molecule has 4 nitrogen and oxygen atoms in total. The van der Waals surface area contributed by atoms with Gasteiger partial charge in [-0.3, -0.25) is 0 Å². The average Bonchev–Trinajstić information content (AvgIpc) is 2.26. The second kappa shape index (κ2) is 4.94. The molecule has 0 atom stereocenters. The molecule has 0 unspecified atom stereocenters. The van der Waals surface area contributed by atoms with Crippen molar-refractivity contribution in [2.75, 3.05) is 0 Å². The molecule has 0 aliphatic heterocycles. The highest BCUT2D eigenvalue weighted by Gasteiger charge is 1.95. The molecule has 1 rings (SSSR count). The number of azide groups is 1. The Morgan fingerprint density at radius 1 is 1.50 bits per heavy atom. The highest BCUT2D eigenvalue weighted by Crippen LogP contribution is 2.14. The largest absolute Gasteiger partial charge is 0.515 e. The Hall–Kier alpha value is -1.93. The summed E-state index contributed by atoms with van der Waals surface area (Å²) in [6.07, 6.45) is 1.07. The molecular formula is C10H11N3O. The van der Waals surface area contributed by atoms with Gasteiger partial charge < -0.3 is 5.11 Å². The lowest BCUT2D eigenvalue weighted by Crippen LogP contribution is -1.83. The van der Waals surface area contributed by atoms with E-state index in [1.54, 1.807) is 0 Å². The van der Waals surface area contributed by atoms with Gasteiger partial charge in [-0.2, -0.15) is 0 Å². The van der Waals surface area contributed by atoms with E-state index < -0.39 is 0 Å². The number of aliphatic hydroxyl groups is 1. The van der Waals surface area contributed by atoms with Crippen molar-refractivity contribution in [1.82, 2.24) is 0 Å². The molecule has 0 aliphatic rings. The molecule has 4 heteroatoms. The van der Waals surface area contributed by atoms with Gasteiger partial charge in [-0.05, 0) is 29.2 Å². The Morgan fingerprint density at radius 2 is 2.14 bits per heavy atom. The van der Waals surface area contributed by atoms with Gasteiger partial charge in [0.1, 0.15) is 0 Å². The van der Waals surface area contributed by atoms with E-state index in [2.05, 4.69) is 10.0 Å². The molecule has 1 aromatic carbocycles. The van der Waals surface area contributed by atoms with Gasteiger partial charge in [-0.15, -0.1) is 0 Å². The minimum absolute atomic E-state index is 0.360. The van der Waals surface area contributed by atoms with Crippen LogP contribution in [-0.4, -0.2) is 5.11 Å². The minimum atomic E-state index is 0.360. The van der Waals surface area contributed by atoms with Crippen LogP contribution in [0.2, 0.25) is 0 Å². The molecular weight excluding hydrogens is 178 g/mol. The van der Waals surface area contributed by atoms with E-state index in [1.807, 2.05) is 31.2 Å². The third-order valence-electron chi connectivity index (χ3n) is 1.92. The van der Waals surface area contributed by atoms with Gasteiger partial charge in [-0.1, -0.05) is 29.4 Å². The Labute approximate surface area is 82.1 Å². The Kier molecular flexibility index (Phi) is 3.58. The summed E-state index contributed by atoms with van der Waals surface area (Å²) in [6.45, 7) is 2.18. The third kappa shape index (κ3) is 2.54. The summed E-state index contributed by atoms with van der Waals surface area (Å²) in [4.78, 5) is 2.68. The van der Waals surface area contributed by atoms with Gasteiger partial charge >= 0.3 is 0 Å². The van der Waals surface area contributed by atoms with Crippen LogP contribution >= 0.6 is 0 Å². The summed E-state index contributed by atoms with van der Waals surface area (Å²) >= 11 is 0. The lowest BCUT2D eigenvalue weighted by molar-refractivity contribution is 0.475. The molecule has 14 heavy (non-hydrogen) atoms. The number of nitrogens with zero attached hydrogens (tertiary/aromatic N) is 3. The molecule has 1 N–H and O–H groups in total. The average molecular weight is 189 g/mol. The summed E-state index contributed by atoms with van der Waals surface area (Å²) in [5, 5.41) is 12.2. The van der Waals surface area contributed by atoms with Crippen molar-refractivity contribution >= 4 is 5.57 Å². The van der Waals surface area contributed by atoms with Crippen molar-refractivity contribution in [3.63, 3.8) is 0 Å². The van der Waals surface area contributed by atoms with Crippen LogP contribution in [0.5, 0.6) is 0 Å². The lowest BCUT2D eigenvalue weighted by Gasteiger charge is -2.00. The van der Waals surface area contributed by atoms with Crippen LogP contribution in [-0.2, 0) is 6.54 Å². The zero-order valence-electron chi connectivity index (χ0n) is 7.88. The summed E-state index contributed by atoms with van der Waals surface area (Å²) in [6, 6.07) is 7.50. The fourth-order valence-corrected chi connectivity index (χ4v) is 1.06. The van der Waals surface area contributed by atoms with Gasteiger partial charge in [0.2, 0.25) is 0 Å². The maximum atomic E-state index is 8.77. The first kappa shape index (κ1) is 10.2. The monoisotopic (exact) mass is 189 g/mol. The Balaban J connectivity index is 2.83. The van der Waals surface area contributed by atoms with E-state index >= 15 is 0 Å². The van der Waals surface area contributed by atoms with Crippen molar-refractivity contribution < 1.29 is 5.11 Å². The predicted octanol–water partition coefficient (Wildman–Crippen LogP) is 3.42. The quantitative estimate of drug-likeness (QED) is 0.336. The summed E-state index contributed by atoms with van der Waals surface area (Å²) < 4.78 is 0. The second-order valence-electron chi connectivity index (χ2n) is 2.90. The van der Waals surface area contributed by atoms with Gasteiger partial charge in [-0.25, -0.2) is 0 Å². The number of allylic oxidation sites excluding steroid dienone is 1. The molecule has 0 bridgehead atoms. The zero-order chi connectivity index (χ0) is 10.4. The molecule has 1 aromatic rings. The Morgan fingerprint density at radius 3 is 2.64 bits per heavy atom. The van der Waals surface area contributed by atoms with Crippen LogP contribution in [0.15, 0.2) is 35.6 Å². The molecule has 0 saturated carbocycles. The second-order valence-corrected chi connectivity index (χ2v) is 2.90. The Bertz CT molecular complexity index is 375. The summed E-state index contributed by atoms with van der Waals surface area (Å²) in [5.74, 6) is 0. The first-order valence-corrected chi connectivity index (χ1v) is 4.19. The van der Waals surface area contributed by atoms with E-state index in [9.17, 15) is 0 Å². The molecule has 0 spiro atoms. The normalized spacial score (nSPS) is 10.8. The van der Waals surface area contributed by atoms with Crippen LogP contribution < -0.4 is 0 Å².